The van der Waals surface area contributed by atoms with Gasteiger partial charge in [0.1, 0.15) is 11.6 Å². The molecule has 136 valence electrons. The Morgan fingerprint density at radius 1 is 1.19 bits per heavy atom. The van der Waals surface area contributed by atoms with Gasteiger partial charge in [0.2, 0.25) is 5.95 Å². The molecule has 2 aromatic carbocycles. The second-order valence-corrected chi connectivity index (χ2v) is 6.28. The number of aryl methyl sites for hydroxylation is 1. The van der Waals surface area contributed by atoms with E-state index in [9.17, 15) is 4.79 Å². The Balaban J connectivity index is 1.45. The summed E-state index contributed by atoms with van der Waals surface area (Å²) in [5, 5.41) is 10.7. The van der Waals surface area contributed by atoms with Crippen molar-refractivity contribution in [3.8, 4) is 5.75 Å². The van der Waals surface area contributed by atoms with Crippen molar-refractivity contribution in [2.45, 2.75) is 6.42 Å². The minimum absolute atomic E-state index is 0.240. The molecule has 0 saturated heterocycles. The van der Waals surface area contributed by atoms with Crippen LogP contribution in [0.4, 0.5) is 5.95 Å². The van der Waals surface area contributed by atoms with Gasteiger partial charge in [-0.1, -0.05) is 12.1 Å². The number of carbonyl (C=O) groups is 1. The molecule has 4 aromatic rings. The molecule has 0 saturated carbocycles. The highest BCUT2D eigenvalue weighted by Gasteiger charge is 2.11. The van der Waals surface area contributed by atoms with Gasteiger partial charge in [-0.2, -0.15) is 4.98 Å². The largest absolute Gasteiger partial charge is 0.497 e. The number of rotatable bonds is 5. The summed E-state index contributed by atoms with van der Waals surface area (Å²) in [6, 6.07) is 15.3. The number of amides is 1. The van der Waals surface area contributed by atoms with Crippen LogP contribution in [0.25, 0.3) is 10.9 Å². The predicted octanol–water partition coefficient (Wildman–Crippen LogP) is 3.15. The number of hydrogen-bond acceptors (Lipinski definition) is 4. The Hall–Kier alpha value is -3.61. The van der Waals surface area contributed by atoms with Gasteiger partial charge in [-0.15, -0.1) is 5.10 Å². The van der Waals surface area contributed by atoms with Crippen LogP contribution >= 0.6 is 0 Å². The number of benzene rings is 2. The lowest BCUT2D eigenvalue weighted by molar-refractivity contribution is 0.102. The summed E-state index contributed by atoms with van der Waals surface area (Å²) in [5.41, 5.74) is 2.71. The van der Waals surface area contributed by atoms with Crippen molar-refractivity contribution < 1.29 is 9.53 Å². The van der Waals surface area contributed by atoms with Gasteiger partial charge in [-0.05, 0) is 42.0 Å². The molecule has 2 aromatic heterocycles. The lowest BCUT2D eigenvalue weighted by Crippen LogP contribution is -2.13. The van der Waals surface area contributed by atoms with E-state index < -0.39 is 0 Å². The second-order valence-electron chi connectivity index (χ2n) is 6.28. The summed E-state index contributed by atoms with van der Waals surface area (Å²) in [5.74, 6) is 1.50. The van der Waals surface area contributed by atoms with E-state index >= 15 is 0 Å². The quantitative estimate of drug-likeness (QED) is 0.572. The maximum absolute atomic E-state index is 12.5. The van der Waals surface area contributed by atoms with Gasteiger partial charge in [0.15, 0.2) is 0 Å². The van der Waals surface area contributed by atoms with Gasteiger partial charge in [0.25, 0.3) is 5.91 Å². The zero-order chi connectivity index (χ0) is 18.8. The monoisotopic (exact) mass is 361 g/mol. The number of hydrogen-bond donors (Lipinski definition) is 2. The van der Waals surface area contributed by atoms with Crippen molar-refractivity contribution in [1.29, 1.82) is 0 Å². The molecule has 0 aliphatic carbocycles. The Labute approximate surface area is 156 Å². The lowest BCUT2D eigenvalue weighted by atomic mass is 10.1. The first kappa shape index (κ1) is 16.8. The number of aromatic amines is 1. The van der Waals surface area contributed by atoms with Crippen LogP contribution in [0.15, 0.2) is 54.7 Å². The van der Waals surface area contributed by atoms with E-state index in [1.54, 1.807) is 13.2 Å². The van der Waals surface area contributed by atoms with E-state index in [1.807, 2.05) is 60.3 Å². The maximum atomic E-state index is 12.5. The van der Waals surface area contributed by atoms with Crippen molar-refractivity contribution in [2.24, 2.45) is 7.05 Å². The Bertz CT molecular complexity index is 1100. The fourth-order valence-electron chi connectivity index (χ4n) is 2.96. The summed E-state index contributed by atoms with van der Waals surface area (Å²) in [6.07, 6.45) is 2.55. The SMILES string of the molecule is COc1ccc(Cc2nc(NC(=O)c3ccc4c(ccn4C)c3)n[nH]2)cc1. The Morgan fingerprint density at radius 3 is 2.78 bits per heavy atom. The van der Waals surface area contributed by atoms with Crippen LogP contribution < -0.4 is 10.1 Å². The average Bonchev–Trinajstić information content (AvgIpc) is 3.28. The molecular weight excluding hydrogens is 342 g/mol. The predicted molar refractivity (Wildman–Crippen MR) is 103 cm³/mol. The zero-order valence-electron chi connectivity index (χ0n) is 15.1. The highest BCUT2D eigenvalue weighted by molar-refractivity contribution is 6.05. The minimum Gasteiger partial charge on any atom is -0.497 e. The zero-order valence-corrected chi connectivity index (χ0v) is 15.1. The summed E-state index contributed by atoms with van der Waals surface area (Å²) >= 11 is 0. The number of nitrogens with zero attached hydrogens (tertiary/aromatic N) is 3. The number of aromatic nitrogens is 4. The summed E-state index contributed by atoms with van der Waals surface area (Å²) in [7, 11) is 3.61. The molecule has 4 rings (SSSR count). The normalized spacial score (nSPS) is 10.9. The molecule has 27 heavy (non-hydrogen) atoms. The van der Waals surface area contributed by atoms with Gasteiger partial charge in [-0.3, -0.25) is 15.2 Å². The molecule has 0 aliphatic heterocycles. The van der Waals surface area contributed by atoms with Gasteiger partial charge >= 0.3 is 0 Å². The third kappa shape index (κ3) is 3.52. The first-order chi connectivity index (χ1) is 13.1. The van der Waals surface area contributed by atoms with Crippen LogP contribution in [0.1, 0.15) is 21.7 Å². The molecule has 0 spiro atoms. The first-order valence-corrected chi connectivity index (χ1v) is 8.53. The van der Waals surface area contributed by atoms with E-state index in [1.165, 1.54) is 0 Å². The summed E-state index contributed by atoms with van der Waals surface area (Å²) < 4.78 is 7.16. The highest BCUT2D eigenvalue weighted by Crippen LogP contribution is 2.18. The van der Waals surface area contributed by atoms with E-state index in [2.05, 4.69) is 20.5 Å². The van der Waals surface area contributed by atoms with Gasteiger partial charge in [0.05, 0.1) is 7.11 Å². The molecule has 2 N–H and O–H groups in total. The van der Waals surface area contributed by atoms with Crippen LogP contribution in [0.2, 0.25) is 0 Å². The molecule has 0 bridgehead atoms. The average molecular weight is 361 g/mol. The number of fused-ring (bicyclic) bond motifs is 1. The van der Waals surface area contributed by atoms with E-state index in [0.717, 1.165) is 22.2 Å². The molecule has 1 amide bonds. The molecule has 0 aliphatic rings. The number of H-pyrrole nitrogens is 1. The van der Waals surface area contributed by atoms with Crippen LogP contribution in [0.3, 0.4) is 0 Å². The highest BCUT2D eigenvalue weighted by atomic mass is 16.5. The number of methoxy groups -OCH3 is 1. The van der Waals surface area contributed by atoms with Crippen molar-refractivity contribution in [1.82, 2.24) is 19.7 Å². The van der Waals surface area contributed by atoms with Crippen molar-refractivity contribution in [3.63, 3.8) is 0 Å². The molecule has 2 heterocycles. The summed E-state index contributed by atoms with van der Waals surface area (Å²) in [4.78, 5) is 16.8. The number of carbonyl (C=O) groups excluding carboxylic acids is 1. The first-order valence-electron chi connectivity index (χ1n) is 8.53. The number of anilines is 1. The van der Waals surface area contributed by atoms with Gasteiger partial charge < -0.3 is 9.30 Å². The fraction of sp³-hybridized carbons (Fsp3) is 0.150. The van der Waals surface area contributed by atoms with Crippen LogP contribution in [0, 0.1) is 0 Å². The van der Waals surface area contributed by atoms with Crippen molar-refractivity contribution in [2.75, 3.05) is 12.4 Å². The van der Waals surface area contributed by atoms with Crippen LogP contribution in [-0.4, -0.2) is 32.8 Å². The molecule has 0 fully saturated rings. The van der Waals surface area contributed by atoms with Gasteiger partial charge in [-0.25, -0.2) is 0 Å². The third-order valence-electron chi connectivity index (χ3n) is 4.44. The molecule has 0 atom stereocenters. The second kappa shape index (κ2) is 6.95. The minimum atomic E-state index is -0.240. The summed E-state index contributed by atoms with van der Waals surface area (Å²) in [6.45, 7) is 0. The fourth-order valence-corrected chi connectivity index (χ4v) is 2.96. The number of nitrogens with one attached hydrogen (secondary N) is 2. The Kier molecular flexibility index (Phi) is 4.33. The van der Waals surface area contributed by atoms with E-state index in [4.69, 9.17) is 4.74 Å². The van der Waals surface area contributed by atoms with E-state index in [-0.39, 0.29) is 11.9 Å². The standard InChI is InChI=1S/C20H19N5O2/c1-25-10-9-14-12-15(5-8-17(14)25)19(26)22-20-21-18(23-24-20)11-13-3-6-16(27-2)7-4-13/h3-10,12H,11H2,1-2H3,(H2,21,22,23,24,26). The molecule has 0 unspecified atom stereocenters. The Morgan fingerprint density at radius 2 is 2.00 bits per heavy atom. The third-order valence-corrected chi connectivity index (χ3v) is 4.44. The van der Waals surface area contributed by atoms with E-state index in [0.29, 0.717) is 17.8 Å². The topological polar surface area (TPSA) is 84.8 Å². The molecular formula is C20H19N5O2. The number of ether oxygens (including phenoxy) is 1. The molecule has 7 heteroatoms. The van der Waals surface area contributed by atoms with Crippen molar-refractivity contribution in [3.05, 3.63) is 71.7 Å². The van der Waals surface area contributed by atoms with Crippen LogP contribution in [0.5, 0.6) is 5.75 Å². The van der Waals surface area contributed by atoms with Gasteiger partial charge in [0, 0.05) is 36.1 Å². The van der Waals surface area contributed by atoms with Crippen LogP contribution in [-0.2, 0) is 13.5 Å². The maximum Gasteiger partial charge on any atom is 0.258 e. The lowest BCUT2D eigenvalue weighted by Gasteiger charge is -2.02. The molecule has 0 radical (unpaired) electrons. The van der Waals surface area contributed by atoms with Crippen molar-refractivity contribution >= 4 is 22.8 Å². The molecule has 7 nitrogen and oxygen atoms in total. The smallest absolute Gasteiger partial charge is 0.258 e.